The number of alkyl halides is 3. The number of rotatable bonds is 9. The zero-order valence-electron chi connectivity index (χ0n) is 21.6. The standard InChI is InChI=1S/C25H22N2O5S.C3H3F3O2/c26-20(24(29)30)14-16-6-9-19(10-7-16)32-13-12-27-21-11-8-18(15-22(21)33-25(27)31)23(28)17-4-2-1-3-5-17;1-8-2(7)3(4,5)6/h1-11,15,20H,12-14,26H2,(H,29,30);1H3. The third-order valence-corrected chi connectivity index (χ3v) is 6.60. The maximum absolute atomic E-state index is 12.7. The molecule has 0 amide bonds. The van der Waals surface area contributed by atoms with Crippen molar-refractivity contribution in [3.05, 3.63) is 99.2 Å². The van der Waals surface area contributed by atoms with Gasteiger partial charge in [-0.1, -0.05) is 53.8 Å². The molecule has 1 atom stereocenters. The molecule has 0 spiro atoms. The van der Waals surface area contributed by atoms with Crippen LogP contribution in [0.5, 0.6) is 5.75 Å². The van der Waals surface area contributed by atoms with Crippen molar-refractivity contribution < 1.29 is 42.1 Å². The molecule has 0 saturated carbocycles. The number of carboxylic acid groups (broad SMARTS) is 1. The minimum Gasteiger partial charge on any atom is -0.492 e. The molecule has 13 heteroatoms. The number of methoxy groups -OCH3 is 1. The summed E-state index contributed by atoms with van der Waals surface area (Å²) in [5, 5.41) is 8.90. The maximum Gasteiger partial charge on any atom is 0.490 e. The van der Waals surface area contributed by atoms with Crippen molar-refractivity contribution in [1.29, 1.82) is 0 Å². The fraction of sp³-hybridized carbons (Fsp3) is 0.214. The number of ketones is 1. The first-order chi connectivity index (χ1) is 19.4. The summed E-state index contributed by atoms with van der Waals surface area (Å²) in [7, 11) is 0.676. The van der Waals surface area contributed by atoms with E-state index < -0.39 is 24.2 Å². The van der Waals surface area contributed by atoms with Crippen LogP contribution < -0.4 is 15.3 Å². The molecular weight excluding hydrogens is 565 g/mol. The molecule has 0 radical (unpaired) electrons. The largest absolute Gasteiger partial charge is 0.492 e. The first kappa shape index (κ1) is 31.0. The van der Waals surface area contributed by atoms with Crippen LogP contribution in [0.2, 0.25) is 0 Å². The van der Waals surface area contributed by atoms with Crippen LogP contribution in [-0.2, 0) is 27.3 Å². The molecule has 9 nitrogen and oxygen atoms in total. The van der Waals surface area contributed by atoms with Crippen LogP contribution in [0, 0.1) is 0 Å². The van der Waals surface area contributed by atoms with Gasteiger partial charge >= 0.3 is 23.0 Å². The van der Waals surface area contributed by atoms with Gasteiger partial charge in [0.15, 0.2) is 5.78 Å². The highest BCUT2D eigenvalue weighted by Crippen LogP contribution is 2.21. The normalized spacial score (nSPS) is 11.7. The number of nitrogens with zero attached hydrogens (tertiary/aromatic N) is 1. The smallest absolute Gasteiger partial charge is 0.490 e. The number of carbonyl (C=O) groups excluding carboxylic acids is 2. The molecule has 1 aromatic heterocycles. The Morgan fingerprint density at radius 2 is 1.66 bits per heavy atom. The Hall–Kier alpha value is -4.49. The predicted molar refractivity (Wildman–Crippen MR) is 145 cm³/mol. The van der Waals surface area contributed by atoms with Gasteiger partial charge in [0.05, 0.1) is 23.9 Å². The Labute approximate surface area is 235 Å². The van der Waals surface area contributed by atoms with Crippen molar-refractivity contribution >= 4 is 39.3 Å². The summed E-state index contributed by atoms with van der Waals surface area (Å²) in [4.78, 5) is 45.4. The Bertz CT molecular complexity index is 1570. The number of carboxylic acids is 1. The van der Waals surface area contributed by atoms with E-state index in [1.54, 1.807) is 59.2 Å². The van der Waals surface area contributed by atoms with Crippen LogP contribution >= 0.6 is 11.3 Å². The number of benzene rings is 3. The van der Waals surface area contributed by atoms with Gasteiger partial charge in [0.1, 0.15) is 18.4 Å². The van der Waals surface area contributed by atoms with Gasteiger partial charge in [0, 0.05) is 11.1 Å². The number of aromatic nitrogens is 1. The maximum atomic E-state index is 12.7. The van der Waals surface area contributed by atoms with Gasteiger partial charge in [-0.3, -0.25) is 19.0 Å². The average molecular weight is 591 g/mol. The van der Waals surface area contributed by atoms with Gasteiger partial charge in [0.2, 0.25) is 0 Å². The van der Waals surface area contributed by atoms with Gasteiger partial charge in [-0.15, -0.1) is 0 Å². The van der Waals surface area contributed by atoms with E-state index in [0.717, 1.165) is 27.1 Å². The van der Waals surface area contributed by atoms with Gasteiger partial charge in [-0.05, 0) is 42.3 Å². The van der Waals surface area contributed by atoms with E-state index in [9.17, 15) is 32.3 Å². The summed E-state index contributed by atoms with van der Waals surface area (Å²) in [5.74, 6) is -2.68. The number of carbonyl (C=O) groups is 3. The molecule has 0 aliphatic heterocycles. The fourth-order valence-electron chi connectivity index (χ4n) is 3.61. The summed E-state index contributed by atoms with van der Waals surface area (Å²) < 4.78 is 44.4. The lowest BCUT2D eigenvalue weighted by Crippen LogP contribution is -2.32. The van der Waals surface area contributed by atoms with E-state index in [4.69, 9.17) is 15.6 Å². The van der Waals surface area contributed by atoms with Crippen molar-refractivity contribution in [2.45, 2.75) is 25.2 Å². The number of thiazole rings is 1. The van der Waals surface area contributed by atoms with Crippen LogP contribution in [0.3, 0.4) is 0 Å². The number of aliphatic carboxylic acids is 1. The predicted octanol–water partition coefficient (Wildman–Crippen LogP) is 4.05. The van der Waals surface area contributed by atoms with Crippen LogP contribution in [0.15, 0.2) is 77.6 Å². The highest BCUT2D eigenvalue weighted by atomic mass is 32.1. The Kier molecular flexibility index (Phi) is 10.4. The van der Waals surface area contributed by atoms with Crippen molar-refractivity contribution in [3.8, 4) is 5.75 Å². The Morgan fingerprint density at radius 3 is 2.22 bits per heavy atom. The van der Waals surface area contributed by atoms with Crippen LogP contribution in [0.1, 0.15) is 21.5 Å². The molecule has 1 unspecified atom stereocenters. The third kappa shape index (κ3) is 8.50. The fourth-order valence-corrected chi connectivity index (χ4v) is 4.57. The van der Waals surface area contributed by atoms with Crippen LogP contribution in [-0.4, -0.2) is 53.3 Å². The number of hydrogen-bond donors (Lipinski definition) is 2. The summed E-state index contributed by atoms with van der Waals surface area (Å²) >= 11 is 1.10. The SMILES string of the molecule is COC(=O)C(F)(F)F.NC(Cc1ccc(OCCn2c(=O)sc3cc(C(=O)c4ccccc4)ccc32)cc1)C(=O)O. The quantitative estimate of drug-likeness (QED) is 0.220. The number of hydrogen-bond acceptors (Lipinski definition) is 8. The van der Waals surface area contributed by atoms with E-state index in [-0.39, 0.29) is 23.7 Å². The van der Waals surface area contributed by atoms with Crippen molar-refractivity contribution in [1.82, 2.24) is 4.57 Å². The van der Waals surface area contributed by atoms with E-state index in [1.807, 2.05) is 18.2 Å². The molecule has 3 aromatic carbocycles. The number of ether oxygens (including phenoxy) is 2. The molecular formula is C28H25F3N2O7S. The highest BCUT2D eigenvalue weighted by molar-refractivity contribution is 7.16. The Balaban J connectivity index is 0.000000507. The lowest BCUT2D eigenvalue weighted by molar-refractivity contribution is -0.196. The van der Waals surface area contributed by atoms with Gasteiger partial charge in [0.25, 0.3) is 0 Å². The first-order valence-electron chi connectivity index (χ1n) is 12.0. The molecule has 3 N–H and O–H groups in total. The molecule has 0 bridgehead atoms. The Morgan fingerprint density at radius 1 is 1.00 bits per heavy atom. The lowest BCUT2D eigenvalue weighted by atomic mass is 10.0. The molecule has 0 saturated heterocycles. The first-order valence-corrected chi connectivity index (χ1v) is 12.8. The van der Waals surface area contributed by atoms with Crippen LogP contribution in [0.4, 0.5) is 13.2 Å². The molecule has 4 rings (SSSR count). The van der Waals surface area contributed by atoms with Crippen LogP contribution in [0.25, 0.3) is 10.2 Å². The molecule has 0 aliphatic rings. The molecule has 1 heterocycles. The second-order valence-corrected chi connectivity index (χ2v) is 9.52. The van der Waals surface area contributed by atoms with E-state index in [1.165, 1.54) is 0 Å². The summed E-state index contributed by atoms with van der Waals surface area (Å²) in [6, 6.07) is 20.4. The second kappa shape index (κ2) is 13.7. The summed E-state index contributed by atoms with van der Waals surface area (Å²) in [5.41, 5.74) is 8.27. The monoisotopic (exact) mass is 590 g/mol. The topological polar surface area (TPSA) is 138 Å². The average Bonchev–Trinajstić information content (AvgIpc) is 3.27. The number of esters is 1. The van der Waals surface area contributed by atoms with E-state index >= 15 is 0 Å². The zero-order valence-corrected chi connectivity index (χ0v) is 22.4. The molecule has 4 aromatic rings. The second-order valence-electron chi connectivity index (χ2n) is 8.53. The summed E-state index contributed by atoms with van der Waals surface area (Å²) in [6.07, 6.45) is -4.62. The highest BCUT2D eigenvalue weighted by Gasteiger charge is 2.40. The molecule has 0 fully saturated rings. The number of fused-ring (bicyclic) bond motifs is 1. The lowest BCUT2D eigenvalue weighted by Gasteiger charge is -2.10. The van der Waals surface area contributed by atoms with E-state index in [0.29, 0.717) is 30.5 Å². The van der Waals surface area contributed by atoms with E-state index in [2.05, 4.69) is 4.74 Å². The summed E-state index contributed by atoms with van der Waals surface area (Å²) in [6.45, 7) is 0.640. The van der Waals surface area contributed by atoms with Crippen molar-refractivity contribution in [2.24, 2.45) is 5.73 Å². The molecule has 216 valence electrons. The molecule has 0 aliphatic carbocycles. The van der Waals surface area contributed by atoms with Crippen molar-refractivity contribution in [2.75, 3.05) is 13.7 Å². The van der Waals surface area contributed by atoms with Gasteiger partial charge < -0.3 is 20.3 Å². The van der Waals surface area contributed by atoms with Crippen molar-refractivity contribution in [3.63, 3.8) is 0 Å². The third-order valence-electron chi connectivity index (χ3n) is 5.66. The van der Waals surface area contributed by atoms with Gasteiger partial charge in [-0.2, -0.15) is 13.2 Å². The number of nitrogens with two attached hydrogens (primary N) is 1. The number of halogens is 3. The zero-order chi connectivity index (χ0) is 30.2. The molecule has 41 heavy (non-hydrogen) atoms. The van der Waals surface area contributed by atoms with Gasteiger partial charge in [-0.25, -0.2) is 4.79 Å². The minimum atomic E-state index is -4.85. The minimum absolute atomic E-state index is 0.0824.